The fraction of sp³-hybridized carbons (Fsp3) is 0.458. The first-order valence-electron chi connectivity index (χ1n) is 10.6. The Morgan fingerprint density at radius 3 is 2.24 bits per heavy atom. The van der Waals surface area contributed by atoms with Crippen LogP contribution < -0.4 is 21.5 Å². The number of imidazole rings is 1. The molecule has 0 atom stereocenters. The third-order valence-corrected chi connectivity index (χ3v) is 6.34. The third-order valence-electron chi connectivity index (χ3n) is 5.48. The van der Waals surface area contributed by atoms with Gasteiger partial charge in [-0.25, -0.2) is 4.57 Å². The zero-order valence-corrected chi connectivity index (χ0v) is 20.5. The van der Waals surface area contributed by atoms with E-state index in [0.29, 0.717) is 10.3 Å². The van der Waals surface area contributed by atoms with Gasteiger partial charge >= 0.3 is 0 Å². The monoisotopic (exact) mass is 496 g/mol. The van der Waals surface area contributed by atoms with Crippen LogP contribution in [0.5, 0.6) is 0 Å². The van der Waals surface area contributed by atoms with Crippen LogP contribution in [0, 0.1) is 6.92 Å². The Labute approximate surface area is 195 Å². The van der Waals surface area contributed by atoms with Gasteiger partial charge in [0.1, 0.15) is 5.69 Å². The highest BCUT2D eigenvalue weighted by Crippen LogP contribution is 2.30. The van der Waals surface area contributed by atoms with Gasteiger partial charge in [-0.15, -0.1) is 0 Å². The van der Waals surface area contributed by atoms with Gasteiger partial charge in [0.15, 0.2) is 0 Å². The number of unbranched alkanes of at least 4 members (excludes halogenated alkanes) is 7. The van der Waals surface area contributed by atoms with Crippen LogP contribution >= 0.6 is 23.2 Å². The average molecular weight is 498 g/mol. The second-order valence-corrected chi connectivity index (χ2v) is 8.40. The molecular formula is C24H31BrCl2N2. The molecule has 0 N–H and O–H groups in total. The first kappa shape index (κ1) is 24.2. The van der Waals surface area contributed by atoms with E-state index < -0.39 is 0 Å². The Balaban J connectivity index is 0.00000300. The summed E-state index contributed by atoms with van der Waals surface area (Å²) >= 11 is 13.2. The molecule has 0 unspecified atom stereocenters. The Morgan fingerprint density at radius 2 is 1.52 bits per heavy atom. The molecule has 0 amide bonds. The van der Waals surface area contributed by atoms with Gasteiger partial charge < -0.3 is 17.0 Å². The van der Waals surface area contributed by atoms with E-state index >= 15 is 0 Å². The van der Waals surface area contributed by atoms with Gasteiger partial charge in [-0.1, -0.05) is 81.8 Å². The van der Waals surface area contributed by atoms with E-state index in [1.165, 1.54) is 61.3 Å². The molecule has 0 radical (unpaired) electrons. The Kier molecular flexibility index (Phi) is 10.0. The molecule has 0 fully saturated rings. The number of hydrogen-bond acceptors (Lipinski definition) is 0. The van der Waals surface area contributed by atoms with E-state index in [4.69, 9.17) is 23.2 Å². The van der Waals surface area contributed by atoms with Gasteiger partial charge in [0.2, 0.25) is 0 Å². The highest BCUT2D eigenvalue weighted by atomic mass is 79.9. The van der Waals surface area contributed by atoms with Crippen LogP contribution in [0.1, 0.15) is 63.9 Å². The molecule has 158 valence electrons. The van der Waals surface area contributed by atoms with Crippen molar-refractivity contribution in [1.29, 1.82) is 0 Å². The van der Waals surface area contributed by atoms with Crippen LogP contribution in [0.3, 0.4) is 0 Å². The maximum atomic E-state index is 6.64. The summed E-state index contributed by atoms with van der Waals surface area (Å²) in [6.07, 6.45) is 12.5. The number of nitrogens with zero attached hydrogens (tertiary/aromatic N) is 2. The smallest absolute Gasteiger partial charge is 0.260 e. The van der Waals surface area contributed by atoms with Gasteiger partial charge in [-0.05, 0) is 53.9 Å². The van der Waals surface area contributed by atoms with Crippen molar-refractivity contribution in [2.24, 2.45) is 0 Å². The SMILES string of the molecule is CCCCCCCCCC[n+]1cn(-c2c(C)ccc3ccccc23)c(Cl)c1Cl.[Br-]. The Morgan fingerprint density at radius 1 is 0.862 bits per heavy atom. The summed E-state index contributed by atoms with van der Waals surface area (Å²) in [6, 6.07) is 12.7. The minimum atomic E-state index is 0. The lowest BCUT2D eigenvalue weighted by atomic mass is 10.0. The molecular weight excluding hydrogens is 467 g/mol. The highest BCUT2D eigenvalue weighted by Gasteiger charge is 2.24. The molecule has 2 aromatic carbocycles. The summed E-state index contributed by atoms with van der Waals surface area (Å²) in [5.74, 6) is 0. The number of rotatable bonds is 10. The molecule has 1 aromatic heterocycles. The quantitative estimate of drug-likeness (QED) is 0.284. The zero-order valence-electron chi connectivity index (χ0n) is 17.4. The number of hydrogen-bond donors (Lipinski definition) is 0. The third kappa shape index (κ3) is 5.99. The maximum absolute atomic E-state index is 6.64. The van der Waals surface area contributed by atoms with Gasteiger partial charge in [-0.2, -0.15) is 4.57 Å². The van der Waals surface area contributed by atoms with Crippen LogP contribution in [-0.2, 0) is 6.54 Å². The topological polar surface area (TPSA) is 8.81 Å². The van der Waals surface area contributed by atoms with Crippen LogP contribution in [0.2, 0.25) is 10.3 Å². The summed E-state index contributed by atoms with van der Waals surface area (Å²) < 4.78 is 4.12. The van der Waals surface area contributed by atoms with Gasteiger partial charge in [-0.3, -0.25) is 0 Å². The van der Waals surface area contributed by atoms with Crippen molar-refractivity contribution in [3.63, 3.8) is 0 Å². The number of aromatic nitrogens is 2. The van der Waals surface area contributed by atoms with Crippen molar-refractivity contribution in [2.75, 3.05) is 0 Å². The molecule has 1 heterocycles. The lowest BCUT2D eigenvalue weighted by Crippen LogP contribution is -3.00. The molecule has 0 saturated carbocycles. The normalized spacial score (nSPS) is 11.0. The number of benzene rings is 2. The van der Waals surface area contributed by atoms with E-state index in [1.54, 1.807) is 0 Å². The van der Waals surface area contributed by atoms with E-state index in [2.05, 4.69) is 61.1 Å². The van der Waals surface area contributed by atoms with Crippen molar-refractivity contribution >= 4 is 34.0 Å². The average Bonchev–Trinajstić information content (AvgIpc) is 2.98. The summed E-state index contributed by atoms with van der Waals surface area (Å²) in [5, 5.41) is 3.60. The molecule has 2 nitrogen and oxygen atoms in total. The molecule has 0 bridgehead atoms. The first-order valence-corrected chi connectivity index (χ1v) is 11.3. The van der Waals surface area contributed by atoms with Gasteiger partial charge in [0, 0.05) is 5.39 Å². The van der Waals surface area contributed by atoms with Crippen molar-refractivity contribution in [1.82, 2.24) is 4.57 Å². The molecule has 3 rings (SSSR count). The van der Waals surface area contributed by atoms with Crippen LogP contribution in [0.4, 0.5) is 0 Å². The number of aryl methyl sites for hydroxylation is 2. The van der Waals surface area contributed by atoms with Crippen molar-refractivity contribution in [3.05, 3.63) is 58.6 Å². The van der Waals surface area contributed by atoms with E-state index in [1.807, 2.05) is 4.57 Å². The summed E-state index contributed by atoms with van der Waals surface area (Å²) in [7, 11) is 0. The molecule has 0 saturated heterocycles. The fourth-order valence-electron chi connectivity index (χ4n) is 3.87. The maximum Gasteiger partial charge on any atom is 0.260 e. The minimum Gasteiger partial charge on any atom is -1.00 e. The van der Waals surface area contributed by atoms with E-state index in [9.17, 15) is 0 Å². The molecule has 0 aliphatic heterocycles. The summed E-state index contributed by atoms with van der Waals surface area (Å²) in [6.45, 7) is 5.29. The largest absolute Gasteiger partial charge is 1.00 e. The molecule has 0 aliphatic rings. The molecule has 0 aliphatic carbocycles. The van der Waals surface area contributed by atoms with Crippen LogP contribution in [0.15, 0.2) is 42.7 Å². The number of halogens is 3. The molecule has 5 heteroatoms. The molecule has 3 aromatic rings. The Bertz CT molecular complexity index is 921. The van der Waals surface area contributed by atoms with Gasteiger partial charge in [0.25, 0.3) is 16.6 Å². The van der Waals surface area contributed by atoms with Crippen molar-refractivity contribution < 1.29 is 21.5 Å². The standard InChI is InChI=1S/C24H31Cl2N2.BrH/c1-3-4-5-6-7-8-9-12-17-27-18-28(24(26)23(27)25)22-19(2)15-16-20-13-10-11-14-21(20)22;/h10-11,13-16,18H,3-9,12,17H2,1-2H3;1H/q+1;/p-1. The second-order valence-electron chi connectivity index (χ2n) is 7.69. The highest BCUT2D eigenvalue weighted by molar-refractivity contribution is 6.40. The Hall–Kier alpha value is -1.03. The predicted octanol–water partition coefficient (Wildman–Crippen LogP) is 4.68. The summed E-state index contributed by atoms with van der Waals surface area (Å²) in [4.78, 5) is 0. The number of fused-ring (bicyclic) bond motifs is 1. The van der Waals surface area contributed by atoms with Crippen molar-refractivity contribution in [3.8, 4) is 5.69 Å². The fourth-order valence-corrected chi connectivity index (χ4v) is 4.33. The molecule has 29 heavy (non-hydrogen) atoms. The zero-order chi connectivity index (χ0) is 19.9. The van der Waals surface area contributed by atoms with Crippen LogP contribution in [0.25, 0.3) is 16.5 Å². The molecule has 0 spiro atoms. The lowest BCUT2D eigenvalue weighted by molar-refractivity contribution is -0.694. The first-order chi connectivity index (χ1) is 13.6. The summed E-state index contributed by atoms with van der Waals surface area (Å²) in [5.41, 5.74) is 2.30. The van der Waals surface area contributed by atoms with E-state index in [-0.39, 0.29) is 17.0 Å². The lowest BCUT2D eigenvalue weighted by Gasteiger charge is -2.07. The van der Waals surface area contributed by atoms with Gasteiger partial charge in [0.05, 0.1) is 6.54 Å². The van der Waals surface area contributed by atoms with Crippen molar-refractivity contribution in [2.45, 2.75) is 71.8 Å². The minimum absolute atomic E-state index is 0. The second kappa shape index (κ2) is 12.0. The van der Waals surface area contributed by atoms with E-state index in [0.717, 1.165) is 18.7 Å². The predicted molar refractivity (Wildman–Crippen MR) is 121 cm³/mol. The van der Waals surface area contributed by atoms with Crippen LogP contribution in [-0.4, -0.2) is 4.57 Å².